The summed E-state index contributed by atoms with van der Waals surface area (Å²) in [5, 5.41) is 2.79. The Morgan fingerprint density at radius 2 is 1.50 bits per heavy atom. The van der Waals surface area contributed by atoms with Crippen LogP contribution in [-0.2, 0) is 9.59 Å². The number of rotatable bonds is 5. The Balaban J connectivity index is 1.38. The van der Waals surface area contributed by atoms with E-state index in [1.807, 2.05) is 4.90 Å². The molecule has 3 rings (SSSR count). The van der Waals surface area contributed by atoms with Crippen molar-refractivity contribution in [1.82, 2.24) is 14.7 Å². The second-order valence-electron chi connectivity index (χ2n) is 8.35. The van der Waals surface area contributed by atoms with Crippen molar-refractivity contribution >= 4 is 17.5 Å². The minimum atomic E-state index is -0.322. The quantitative estimate of drug-likeness (QED) is 0.834. The molecule has 2 aliphatic rings. The number of piperidine rings is 1. The molecule has 0 unspecified atom stereocenters. The summed E-state index contributed by atoms with van der Waals surface area (Å²) in [7, 11) is 0. The minimum Gasteiger partial charge on any atom is -0.341 e. The van der Waals surface area contributed by atoms with Gasteiger partial charge in [-0.1, -0.05) is 13.8 Å². The second-order valence-corrected chi connectivity index (χ2v) is 8.35. The van der Waals surface area contributed by atoms with Crippen LogP contribution in [0.4, 0.5) is 10.1 Å². The highest BCUT2D eigenvalue weighted by Crippen LogP contribution is 2.21. The van der Waals surface area contributed by atoms with Gasteiger partial charge < -0.3 is 10.2 Å². The van der Waals surface area contributed by atoms with Gasteiger partial charge >= 0.3 is 0 Å². The Morgan fingerprint density at radius 3 is 2.07 bits per heavy atom. The van der Waals surface area contributed by atoms with Crippen LogP contribution in [0.2, 0.25) is 0 Å². The predicted octanol–water partition coefficient (Wildman–Crippen LogP) is 1.89. The molecule has 1 N–H and O–H groups in total. The summed E-state index contributed by atoms with van der Waals surface area (Å²) in [6.07, 6.45) is 1.20. The maximum Gasteiger partial charge on any atom is 0.238 e. The molecule has 0 spiro atoms. The van der Waals surface area contributed by atoms with E-state index in [1.54, 1.807) is 12.1 Å². The van der Waals surface area contributed by atoms with Gasteiger partial charge in [0.15, 0.2) is 0 Å². The number of nitrogens with zero attached hydrogens (tertiary/aromatic N) is 3. The van der Waals surface area contributed by atoms with Crippen LogP contribution in [0.3, 0.4) is 0 Å². The van der Waals surface area contributed by atoms with Crippen molar-refractivity contribution in [3.8, 4) is 0 Å². The zero-order valence-corrected chi connectivity index (χ0v) is 16.9. The van der Waals surface area contributed by atoms with Crippen molar-refractivity contribution in [1.29, 1.82) is 0 Å². The van der Waals surface area contributed by atoms with Crippen LogP contribution in [0.1, 0.15) is 20.3 Å². The van der Waals surface area contributed by atoms with E-state index in [0.29, 0.717) is 30.6 Å². The molecule has 0 aromatic heterocycles. The second kappa shape index (κ2) is 9.47. The summed E-state index contributed by atoms with van der Waals surface area (Å²) in [6.45, 7) is 10.0. The van der Waals surface area contributed by atoms with Gasteiger partial charge in [0.2, 0.25) is 11.8 Å². The molecular formula is C21H31FN4O2. The third kappa shape index (κ3) is 6.01. The SMILES string of the molecule is C[C@H]1C[C@H](C)CN(C(=O)CN2CCN(CC(=O)Nc3ccc(F)cc3)CC2)C1. The van der Waals surface area contributed by atoms with E-state index < -0.39 is 0 Å². The number of carbonyl (C=O) groups is 2. The lowest BCUT2D eigenvalue weighted by atomic mass is 9.92. The summed E-state index contributed by atoms with van der Waals surface area (Å²) >= 11 is 0. The molecule has 2 saturated heterocycles. The van der Waals surface area contributed by atoms with Gasteiger partial charge in [0.25, 0.3) is 0 Å². The van der Waals surface area contributed by atoms with Crippen LogP contribution in [0.5, 0.6) is 0 Å². The van der Waals surface area contributed by atoms with Crippen LogP contribution >= 0.6 is 0 Å². The number of carbonyl (C=O) groups excluding carboxylic acids is 2. The smallest absolute Gasteiger partial charge is 0.238 e. The van der Waals surface area contributed by atoms with E-state index in [9.17, 15) is 14.0 Å². The van der Waals surface area contributed by atoms with Gasteiger partial charge in [-0.25, -0.2) is 4.39 Å². The van der Waals surface area contributed by atoms with Gasteiger partial charge in [0.1, 0.15) is 5.82 Å². The van der Waals surface area contributed by atoms with Crippen molar-refractivity contribution in [2.24, 2.45) is 11.8 Å². The fraction of sp³-hybridized carbons (Fsp3) is 0.619. The molecule has 0 saturated carbocycles. The lowest BCUT2D eigenvalue weighted by Crippen LogP contribution is -2.52. The molecule has 2 aliphatic heterocycles. The lowest BCUT2D eigenvalue weighted by Gasteiger charge is -2.38. The average Bonchev–Trinajstić information content (AvgIpc) is 2.64. The number of piperazine rings is 1. The lowest BCUT2D eigenvalue weighted by molar-refractivity contribution is -0.135. The van der Waals surface area contributed by atoms with Crippen LogP contribution in [0.25, 0.3) is 0 Å². The zero-order valence-electron chi connectivity index (χ0n) is 16.9. The predicted molar refractivity (Wildman–Crippen MR) is 107 cm³/mol. The summed E-state index contributed by atoms with van der Waals surface area (Å²) in [5.74, 6) is 0.943. The van der Waals surface area contributed by atoms with Crippen molar-refractivity contribution in [3.63, 3.8) is 0 Å². The molecule has 154 valence electrons. The Kier molecular flexibility index (Phi) is 7.02. The molecule has 2 fully saturated rings. The highest BCUT2D eigenvalue weighted by atomic mass is 19.1. The molecule has 1 aromatic carbocycles. The standard InChI is InChI=1S/C21H31FN4O2/c1-16-11-17(2)13-26(12-16)21(28)15-25-9-7-24(8-10-25)14-20(27)23-19-5-3-18(22)4-6-19/h3-6,16-17H,7-15H2,1-2H3,(H,23,27)/t16-,17-/m0/s1. The molecule has 6 nitrogen and oxygen atoms in total. The fourth-order valence-corrected chi connectivity index (χ4v) is 4.20. The van der Waals surface area contributed by atoms with Gasteiger partial charge in [-0.15, -0.1) is 0 Å². The molecule has 2 heterocycles. The highest BCUT2D eigenvalue weighted by Gasteiger charge is 2.27. The first-order chi connectivity index (χ1) is 13.4. The maximum atomic E-state index is 12.9. The third-order valence-corrected chi connectivity index (χ3v) is 5.54. The van der Waals surface area contributed by atoms with Gasteiger partial charge in [-0.3, -0.25) is 19.4 Å². The Bertz CT molecular complexity index is 663. The summed E-state index contributed by atoms with van der Waals surface area (Å²) in [5.41, 5.74) is 0.598. The molecule has 1 aromatic rings. The summed E-state index contributed by atoms with van der Waals surface area (Å²) in [4.78, 5) is 31.1. The minimum absolute atomic E-state index is 0.104. The van der Waals surface area contributed by atoms with Crippen LogP contribution in [0, 0.1) is 17.7 Å². The largest absolute Gasteiger partial charge is 0.341 e. The zero-order chi connectivity index (χ0) is 20.1. The molecule has 0 radical (unpaired) electrons. The summed E-state index contributed by atoms with van der Waals surface area (Å²) in [6, 6.07) is 5.77. The first kappa shape index (κ1) is 20.7. The number of hydrogen-bond donors (Lipinski definition) is 1. The maximum absolute atomic E-state index is 12.9. The molecule has 0 aliphatic carbocycles. The van der Waals surface area contributed by atoms with E-state index in [4.69, 9.17) is 0 Å². The van der Waals surface area contributed by atoms with Crippen molar-refractivity contribution < 1.29 is 14.0 Å². The number of anilines is 1. The number of benzene rings is 1. The monoisotopic (exact) mass is 390 g/mol. The van der Waals surface area contributed by atoms with Crippen molar-refractivity contribution in [2.75, 3.05) is 57.7 Å². The van der Waals surface area contributed by atoms with Gasteiger partial charge in [-0.05, 0) is 42.5 Å². The van der Waals surface area contributed by atoms with Gasteiger partial charge in [0, 0.05) is 45.0 Å². The topological polar surface area (TPSA) is 55.9 Å². The Hall–Kier alpha value is -1.99. The fourth-order valence-electron chi connectivity index (χ4n) is 4.20. The first-order valence-electron chi connectivity index (χ1n) is 10.2. The Morgan fingerprint density at radius 1 is 0.964 bits per heavy atom. The third-order valence-electron chi connectivity index (χ3n) is 5.54. The number of nitrogens with one attached hydrogen (secondary N) is 1. The number of likely N-dealkylation sites (tertiary alicyclic amines) is 1. The summed E-state index contributed by atoms with van der Waals surface area (Å²) < 4.78 is 12.9. The molecule has 2 amide bonds. The van der Waals surface area contributed by atoms with E-state index >= 15 is 0 Å². The molecular weight excluding hydrogens is 359 g/mol. The number of halogens is 1. The number of amides is 2. The van der Waals surface area contributed by atoms with Crippen molar-refractivity contribution in [3.05, 3.63) is 30.1 Å². The molecule has 28 heavy (non-hydrogen) atoms. The average molecular weight is 391 g/mol. The van der Waals surface area contributed by atoms with E-state index in [-0.39, 0.29) is 17.6 Å². The van der Waals surface area contributed by atoms with E-state index in [1.165, 1.54) is 18.6 Å². The van der Waals surface area contributed by atoms with Crippen LogP contribution < -0.4 is 5.32 Å². The van der Waals surface area contributed by atoms with E-state index in [0.717, 1.165) is 39.3 Å². The Labute approximate surface area is 166 Å². The highest BCUT2D eigenvalue weighted by molar-refractivity contribution is 5.92. The van der Waals surface area contributed by atoms with Crippen molar-refractivity contribution in [2.45, 2.75) is 20.3 Å². The van der Waals surface area contributed by atoms with E-state index in [2.05, 4.69) is 29.0 Å². The number of hydrogen-bond acceptors (Lipinski definition) is 4. The van der Waals surface area contributed by atoms with Gasteiger partial charge in [0.05, 0.1) is 13.1 Å². The normalized spacial score (nSPS) is 24.2. The van der Waals surface area contributed by atoms with Gasteiger partial charge in [-0.2, -0.15) is 0 Å². The van der Waals surface area contributed by atoms with Crippen LogP contribution in [-0.4, -0.2) is 78.9 Å². The molecule has 2 atom stereocenters. The first-order valence-corrected chi connectivity index (χ1v) is 10.2. The molecule has 7 heteroatoms. The van der Waals surface area contributed by atoms with Crippen LogP contribution in [0.15, 0.2) is 24.3 Å². The molecule has 0 bridgehead atoms.